The summed E-state index contributed by atoms with van der Waals surface area (Å²) in [7, 11) is 0. The molecule has 0 saturated carbocycles. The number of rotatable bonds is 7. The second kappa shape index (κ2) is 7.65. The molecule has 0 aromatic heterocycles. The molecule has 0 bridgehead atoms. The Morgan fingerprint density at radius 1 is 1.40 bits per heavy atom. The molecule has 0 aliphatic carbocycles. The van der Waals surface area contributed by atoms with Crippen molar-refractivity contribution in [3.05, 3.63) is 34.9 Å². The van der Waals surface area contributed by atoms with Gasteiger partial charge in [-0.05, 0) is 49.4 Å². The third-order valence-corrected chi connectivity index (χ3v) is 3.81. The van der Waals surface area contributed by atoms with E-state index in [4.69, 9.17) is 17.3 Å². The van der Waals surface area contributed by atoms with E-state index in [9.17, 15) is 4.79 Å². The van der Waals surface area contributed by atoms with Crippen LogP contribution in [0.4, 0.5) is 0 Å². The van der Waals surface area contributed by atoms with Crippen molar-refractivity contribution >= 4 is 17.5 Å². The first-order valence-corrected chi connectivity index (χ1v) is 7.47. The Labute approximate surface area is 126 Å². The van der Waals surface area contributed by atoms with Gasteiger partial charge < -0.3 is 11.1 Å². The third-order valence-electron chi connectivity index (χ3n) is 3.58. The Morgan fingerprint density at radius 2 is 2.10 bits per heavy atom. The maximum Gasteiger partial charge on any atom is 0.220 e. The first-order valence-electron chi connectivity index (χ1n) is 7.09. The van der Waals surface area contributed by atoms with E-state index < -0.39 is 0 Å². The molecule has 0 unspecified atom stereocenters. The van der Waals surface area contributed by atoms with Crippen LogP contribution in [0.25, 0.3) is 0 Å². The summed E-state index contributed by atoms with van der Waals surface area (Å²) < 4.78 is 0. The van der Waals surface area contributed by atoms with Gasteiger partial charge in [0, 0.05) is 11.4 Å². The molecular weight excluding hydrogens is 272 g/mol. The molecule has 0 aliphatic rings. The molecule has 0 spiro atoms. The van der Waals surface area contributed by atoms with E-state index in [0.29, 0.717) is 18.0 Å². The lowest BCUT2D eigenvalue weighted by molar-refractivity contribution is -0.122. The second-order valence-electron chi connectivity index (χ2n) is 6.05. The lowest BCUT2D eigenvalue weighted by atomic mass is 9.84. The molecule has 20 heavy (non-hydrogen) atoms. The minimum Gasteiger partial charge on any atom is -0.350 e. The van der Waals surface area contributed by atoms with Crippen molar-refractivity contribution in [2.75, 3.05) is 6.54 Å². The van der Waals surface area contributed by atoms with Crippen molar-refractivity contribution in [2.24, 2.45) is 11.1 Å². The van der Waals surface area contributed by atoms with Gasteiger partial charge in [-0.15, -0.1) is 0 Å². The van der Waals surface area contributed by atoms with Crippen LogP contribution in [0.1, 0.15) is 51.6 Å². The summed E-state index contributed by atoms with van der Waals surface area (Å²) >= 11 is 5.96. The molecule has 0 radical (unpaired) electrons. The molecule has 1 aromatic rings. The highest BCUT2D eigenvalue weighted by molar-refractivity contribution is 6.30. The first kappa shape index (κ1) is 17.0. The molecule has 4 heteroatoms. The molecule has 3 nitrogen and oxygen atoms in total. The Bertz CT molecular complexity index is 446. The average molecular weight is 297 g/mol. The molecule has 1 aromatic carbocycles. The fourth-order valence-corrected chi connectivity index (χ4v) is 2.34. The summed E-state index contributed by atoms with van der Waals surface area (Å²) in [5, 5.41) is 3.70. The van der Waals surface area contributed by atoms with E-state index >= 15 is 0 Å². The van der Waals surface area contributed by atoms with Gasteiger partial charge in [0.05, 0.1) is 6.04 Å². The predicted octanol–water partition coefficient (Wildman–Crippen LogP) is 3.67. The van der Waals surface area contributed by atoms with Crippen LogP contribution in [0, 0.1) is 5.41 Å². The summed E-state index contributed by atoms with van der Waals surface area (Å²) in [5.74, 6) is 0.0718. The number of hydrogen-bond acceptors (Lipinski definition) is 2. The highest BCUT2D eigenvalue weighted by Gasteiger charge is 2.19. The van der Waals surface area contributed by atoms with E-state index in [0.717, 1.165) is 18.4 Å². The minimum absolute atomic E-state index is 0.0289. The molecule has 1 rings (SSSR count). The van der Waals surface area contributed by atoms with E-state index in [-0.39, 0.29) is 17.4 Å². The van der Waals surface area contributed by atoms with Crippen LogP contribution in [0.2, 0.25) is 5.02 Å². The van der Waals surface area contributed by atoms with E-state index in [1.165, 1.54) is 0 Å². The number of amides is 1. The fourth-order valence-electron chi connectivity index (χ4n) is 2.14. The molecule has 0 aliphatic heterocycles. The van der Waals surface area contributed by atoms with Crippen LogP contribution in [0.3, 0.4) is 0 Å². The second-order valence-corrected chi connectivity index (χ2v) is 6.48. The largest absolute Gasteiger partial charge is 0.350 e. The van der Waals surface area contributed by atoms with Gasteiger partial charge in [-0.1, -0.05) is 37.6 Å². The van der Waals surface area contributed by atoms with Gasteiger partial charge in [0.1, 0.15) is 0 Å². The number of halogens is 1. The van der Waals surface area contributed by atoms with Gasteiger partial charge in [0.15, 0.2) is 0 Å². The fraction of sp³-hybridized carbons (Fsp3) is 0.562. The Kier molecular flexibility index (Phi) is 6.50. The molecule has 1 atom stereocenters. The number of nitrogens with one attached hydrogen (secondary N) is 1. The molecule has 0 saturated heterocycles. The monoisotopic (exact) mass is 296 g/mol. The van der Waals surface area contributed by atoms with Gasteiger partial charge in [-0.2, -0.15) is 0 Å². The van der Waals surface area contributed by atoms with Gasteiger partial charge in [0.2, 0.25) is 5.91 Å². The number of carbonyl (C=O) groups is 1. The first-order chi connectivity index (χ1) is 9.34. The smallest absolute Gasteiger partial charge is 0.220 e. The zero-order valence-electron chi connectivity index (χ0n) is 12.6. The van der Waals surface area contributed by atoms with Crippen molar-refractivity contribution in [1.82, 2.24) is 5.32 Å². The standard InChI is InChI=1S/C16H25ClN2O/c1-12(13-5-4-6-14(17)11-13)19-15(20)7-8-16(2,3)9-10-18/h4-6,11-12H,7-10,18H2,1-3H3,(H,19,20)/t12-/m0/s1. The van der Waals surface area contributed by atoms with E-state index in [1.807, 2.05) is 31.2 Å². The maximum atomic E-state index is 12.0. The van der Waals surface area contributed by atoms with E-state index in [2.05, 4.69) is 19.2 Å². The molecule has 1 amide bonds. The molecular formula is C16H25ClN2O. The highest BCUT2D eigenvalue weighted by atomic mass is 35.5. The maximum absolute atomic E-state index is 12.0. The molecule has 112 valence electrons. The van der Waals surface area contributed by atoms with Crippen LogP contribution in [-0.4, -0.2) is 12.5 Å². The summed E-state index contributed by atoms with van der Waals surface area (Å²) in [5.41, 5.74) is 6.72. The number of benzene rings is 1. The van der Waals surface area contributed by atoms with Gasteiger partial charge >= 0.3 is 0 Å². The quantitative estimate of drug-likeness (QED) is 0.806. The van der Waals surface area contributed by atoms with Gasteiger partial charge in [-0.25, -0.2) is 0 Å². The zero-order valence-corrected chi connectivity index (χ0v) is 13.3. The molecule has 0 fully saturated rings. The van der Waals surface area contributed by atoms with Crippen LogP contribution < -0.4 is 11.1 Å². The number of nitrogens with two attached hydrogens (primary N) is 1. The zero-order chi connectivity index (χ0) is 15.2. The number of carbonyl (C=O) groups excluding carboxylic acids is 1. The summed E-state index contributed by atoms with van der Waals surface area (Å²) in [4.78, 5) is 12.0. The lowest BCUT2D eigenvalue weighted by Crippen LogP contribution is -2.28. The van der Waals surface area contributed by atoms with Gasteiger partial charge in [-0.3, -0.25) is 4.79 Å². The Balaban J connectivity index is 2.46. The SMILES string of the molecule is C[C@H](NC(=O)CCC(C)(C)CCN)c1cccc(Cl)c1. The van der Waals surface area contributed by atoms with Gasteiger partial charge in [0.25, 0.3) is 0 Å². The lowest BCUT2D eigenvalue weighted by Gasteiger charge is -2.24. The van der Waals surface area contributed by atoms with Crippen LogP contribution in [0.5, 0.6) is 0 Å². The molecule has 3 N–H and O–H groups in total. The van der Waals surface area contributed by atoms with Crippen molar-refractivity contribution in [3.8, 4) is 0 Å². The van der Waals surface area contributed by atoms with Crippen molar-refractivity contribution < 1.29 is 4.79 Å². The van der Waals surface area contributed by atoms with Crippen molar-refractivity contribution in [1.29, 1.82) is 0 Å². The van der Waals surface area contributed by atoms with Crippen LogP contribution in [-0.2, 0) is 4.79 Å². The Hall–Kier alpha value is -1.06. The Morgan fingerprint density at radius 3 is 2.70 bits per heavy atom. The molecule has 0 heterocycles. The summed E-state index contributed by atoms with van der Waals surface area (Å²) in [6.45, 7) is 6.92. The minimum atomic E-state index is -0.0289. The van der Waals surface area contributed by atoms with Crippen LogP contribution >= 0.6 is 11.6 Å². The van der Waals surface area contributed by atoms with Crippen molar-refractivity contribution in [3.63, 3.8) is 0 Å². The topological polar surface area (TPSA) is 55.1 Å². The number of hydrogen-bond donors (Lipinski definition) is 2. The highest BCUT2D eigenvalue weighted by Crippen LogP contribution is 2.26. The average Bonchev–Trinajstić information content (AvgIpc) is 2.36. The van der Waals surface area contributed by atoms with Crippen molar-refractivity contribution in [2.45, 2.75) is 46.1 Å². The van der Waals surface area contributed by atoms with E-state index in [1.54, 1.807) is 0 Å². The predicted molar refractivity (Wildman–Crippen MR) is 84.7 cm³/mol. The summed E-state index contributed by atoms with van der Waals surface area (Å²) in [6.07, 6.45) is 2.31. The summed E-state index contributed by atoms with van der Waals surface area (Å²) in [6, 6.07) is 7.54. The third kappa shape index (κ3) is 5.93. The van der Waals surface area contributed by atoms with Crippen LogP contribution in [0.15, 0.2) is 24.3 Å². The normalized spacial score (nSPS) is 13.1.